The molecule has 2 aromatic rings. The molecule has 0 radical (unpaired) electrons. The van der Waals surface area contributed by atoms with Gasteiger partial charge in [-0.15, -0.1) is 0 Å². The van der Waals surface area contributed by atoms with E-state index in [0.29, 0.717) is 23.2 Å². The summed E-state index contributed by atoms with van der Waals surface area (Å²) in [7, 11) is 0. The lowest BCUT2D eigenvalue weighted by Crippen LogP contribution is -2.38. The van der Waals surface area contributed by atoms with Crippen LogP contribution >= 0.6 is 0 Å². The number of carbonyl (C=O) groups excluding carboxylic acids is 2. The highest BCUT2D eigenvalue weighted by atomic mass is 19.4. The van der Waals surface area contributed by atoms with Gasteiger partial charge in [0, 0.05) is 12.7 Å². The monoisotopic (exact) mass is 488 g/mol. The summed E-state index contributed by atoms with van der Waals surface area (Å²) in [6.07, 6.45) is -14.2. The number of carbonyl (C=O) groups is 2. The highest BCUT2D eigenvalue weighted by Crippen LogP contribution is 2.33. The Kier molecular flexibility index (Phi) is 7.60. The van der Waals surface area contributed by atoms with E-state index in [-0.39, 0.29) is 5.69 Å². The van der Waals surface area contributed by atoms with Gasteiger partial charge in [-0.1, -0.05) is 18.2 Å². The van der Waals surface area contributed by atoms with Crippen LogP contribution in [0.4, 0.5) is 39.5 Å². The van der Waals surface area contributed by atoms with Crippen molar-refractivity contribution in [3.63, 3.8) is 0 Å². The van der Waals surface area contributed by atoms with Crippen molar-refractivity contribution in [1.29, 1.82) is 0 Å². The number of hydrogen-bond donors (Lipinski definition) is 0. The lowest BCUT2D eigenvalue weighted by Gasteiger charge is -2.23. The first kappa shape index (κ1) is 25.9. The molecule has 0 bridgehead atoms. The molecular weight excluding hydrogens is 475 g/mol. The van der Waals surface area contributed by atoms with E-state index in [1.54, 1.807) is 0 Å². The Hall–Kier alpha value is -3.32. The summed E-state index contributed by atoms with van der Waals surface area (Å²) in [5.74, 6) is -3.75. The predicted octanol–water partition coefficient (Wildman–Crippen LogP) is 4.75. The topological polar surface area (TPSA) is 59.5 Å². The number of ether oxygens (including phenoxy) is 1. The van der Waals surface area contributed by atoms with Crippen molar-refractivity contribution in [1.82, 2.24) is 9.88 Å². The Morgan fingerprint density at radius 3 is 2.00 bits per heavy atom. The van der Waals surface area contributed by atoms with Gasteiger partial charge >= 0.3 is 30.4 Å². The Morgan fingerprint density at radius 2 is 1.48 bits per heavy atom. The van der Waals surface area contributed by atoms with Crippen molar-refractivity contribution >= 4 is 11.9 Å². The zero-order valence-corrected chi connectivity index (χ0v) is 16.2. The third-order valence-corrected chi connectivity index (χ3v) is 4.02. The SMILES string of the molecule is O=C(OCC(F)(F)F)C(=O)N(Cc1ccc(C(F)(F)F)cn1)Cc1ccccc1C(F)(F)F. The number of hydrogen-bond acceptors (Lipinski definition) is 4. The van der Waals surface area contributed by atoms with Gasteiger partial charge in [0.1, 0.15) is 0 Å². The molecule has 2 rings (SSSR count). The van der Waals surface area contributed by atoms with Crippen LogP contribution in [0.2, 0.25) is 0 Å². The van der Waals surface area contributed by atoms with E-state index < -0.39 is 66.8 Å². The van der Waals surface area contributed by atoms with Crippen LogP contribution in [-0.4, -0.2) is 34.5 Å². The molecule has 14 heteroatoms. The molecule has 33 heavy (non-hydrogen) atoms. The summed E-state index contributed by atoms with van der Waals surface area (Å²) in [5, 5.41) is 0. The van der Waals surface area contributed by atoms with Crippen molar-refractivity contribution in [2.24, 2.45) is 0 Å². The second-order valence-electron chi connectivity index (χ2n) is 6.54. The predicted molar refractivity (Wildman–Crippen MR) is 92.0 cm³/mol. The van der Waals surface area contributed by atoms with Crippen molar-refractivity contribution < 1.29 is 53.8 Å². The first-order valence-electron chi connectivity index (χ1n) is 8.78. The summed E-state index contributed by atoms with van der Waals surface area (Å²) < 4.78 is 118. The lowest BCUT2D eigenvalue weighted by molar-refractivity contribution is -0.189. The molecule has 1 aromatic heterocycles. The number of halogens is 9. The van der Waals surface area contributed by atoms with E-state index in [1.165, 1.54) is 6.07 Å². The molecule has 1 heterocycles. The lowest BCUT2D eigenvalue weighted by atomic mass is 10.1. The molecule has 180 valence electrons. The van der Waals surface area contributed by atoms with Crippen molar-refractivity contribution in [2.45, 2.75) is 31.6 Å². The van der Waals surface area contributed by atoms with Crippen LogP contribution in [0.1, 0.15) is 22.4 Å². The molecule has 0 unspecified atom stereocenters. The van der Waals surface area contributed by atoms with Crippen molar-refractivity contribution in [3.05, 3.63) is 65.0 Å². The molecule has 5 nitrogen and oxygen atoms in total. The average Bonchev–Trinajstić information content (AvgIpc) is 2.69. The molecule has 1 aromatic carbocycles. The van der Waals surface area contributed by atoms with E-state index >= 15 is 0 Å². The summed E-state index contributed by atoms with van der Waals surface area (Å²) in [6.45, 7) is -3.83. The van der Waals surface area contributed by atoms with Crippen molar-refractivity contribution in [2.75, 3.05) is 6.61 Å². The zero-order chi connectivity index (χ0) is 25.0. The molecule has 0 spiro atoms. The molecule has 0 aliphatic heterocycles. The number of amides is 1. The van der Waals surface area contributed by atoms with Gasteiger partial charge in [0.15, 0.2) is 6.61 Å². The van der Waals surface area contributed by atoms with Gasteiger partial charge in [0.05, 0.1) is 23.4 Å². The summed E-state index contributed by atoms with van der Waals surface area (Å²) in [6, 6.07) is 5.26. The summed E-state index contributed by atoms with van der Waals surface area (Å²) in [4.78, 5) is 28.0. The maximum atomic E-state index is 13.3. The maximum absolute atomic E-state index is 13.3. The Labute approximate surface area is 179 Å². The van der Waals surface area contributed by atoms with Gasteiger partial charge in [-0.2, -0.15) is 39.5 Å². The Morgan fingerprint density at radius 1 is 0.848 bits per heavy atom. The Bertz CT molecular complexity index is 984. The van der Waals surface area contributed by atoms with Crippen LogP contribution in [-0.2, 0) is 39.8 Å². The normalized spacial score (nSPS) is 12.4. The second-order valence-corrected chi connectivity index (χ2v) is 6.54. The fourth-order valence-electron chi connectivity index (χ4n) is 2.56. The number of pyridine rings is 1. The molecular formula is C19H13F9N2O3. The molecule has 0 aliphatic carbocycles. The van der Waals surface area contributed by atoms with Crippen LogP contribution in [0.25, 0.3) is 0 Å². The number of rotatable bonds is 5. The van der Waals surface area contributed by atoms with Gasteiger partial charge in [-0.25, -0.2) is 4.79 Å². The molecule has 0 atom stereocenters. The highest BCUT2D eigenvalue weighted by Gasteiger charge is 2.36. The maximum Gasteiger partial charge on any atom is 0.422 e. The molecule has 0 saturated heterocycles. The molecule has 0 saturated carbocycles. The van der Waals surface area contributed by atoms with Gasteiger partial charge in [0.25, 0.3) is 0 Å². The molecule has 0 N–H and O–H groups in total. The molecule has 1 amide bonds. The van der Waals surface area contributed by atoms with E-state index in [0.717, 1.165) is 18.2 Å². The summed E-state index contributed by atoms with van der Waals surface area (Å²) >= 11 is 0. The van der Waals surface area contributed by atoms with Gasteiger partial charge in [-0.05, 0) is 23.8 Å². The minimum atomic E-state index is -4.97. The van der Waals surface area contributed by atoms with Crippen LogP contribution < -0.4 is 0 Å². The average molecular weight is 488 g/mol. The first-order valence-corrected chi connectivity index (χ1v) is 8.78. The fraction of sp³-hybridized carbons (Fsp3) is 0.316. The number of nitrogens with zero attached hydrogens (tertiary/aromatic N) is 2. The van der Waals surface area contributed by atoms with E-state index in [1.807, 2.05) is 0 Å². The highest BCUT2D eigenvalue weighted by molar-refractivity contribution is 6.32. The Balaban J connectivity index is 2.34. The fourth-order valence-corrected chi connectivity index (χ4v) is 2.56. The largest absolute Gasteiger partial charge is 0.449 e. The standard InChI is InChI=1S/C19H13F9N2O3/c20-17(21,22)10-33-16(32)15(31)30(8-11-3-1-2-4-14(11)19(26,27)28)9-13-6-5-12(7-29-13)18(23,24)25/h1-7H,8-10H2. The number of alkyl halides is 9. The van der Waals surface area contributed by atoms with Crippen LogP contribution in [0.3, 0.4) is 0 Å². The minimum Gasteiger partial charge on any atom is -0.449 e. The van der Waals surface area contributed by atoms with Gasteiger partial charge < -0.3 is 9.64 Å². The smallest absolute Gasteiger partial charge is 0.422 e. The van der Waals surface area contributed by atoms with Crippen LogP contribution in [0, 0.1) is 0 Å². The number of aromatic nitrogens is 1. The third-order valence-electron chi connectivity index (χ3n) is 4.02. The second kappa shape index (κ2) is 9.67. The first-order chi connectivity index (χ1) is 15.1. The van der Waals surface area contributed by atoms with E-state index in [9.17, 15) is 49.1 Å². The van der Waals surface area contributed by atoms with Crippen molar-refractivity contribution in [3.8, 4) is 0 Å². The van der Waals surface area contributed by atoms with Crippen LogP contribution in [0.15, 0.2) is 42.6 Å². The summed E-state index contributed by atoms with van der Waals surface area (Å²) in [5.41, 5.74) is -3.14. The van der Waals surface area contributed by atoms with E-state index in [2.05, 4.69) is 9.72 Å². The molecule has 0 fully saturated rings. The van der Waals surface area contributed by atoms with Crippen LogP contribution in [0.5, 0.6) is 0 Å². The number of benzene rings is 1. The quantitative estimate of drug-likeness (QED) is 0.346. The number of esters is 1. The van der Waals surface area contributed by atoms with Gasteiger partial charge in [0.2, 0.25) is 0 Å². The van der Waals surface area contributed by atoms with Gasteiger partial charge in [-0.3, -0.25) is 9.78 Å². The molecule has 0 aliphatic rings. The van der Waals surface area contributed by atoms with E-state index in [4.69, 9.17) is 0 Å². The minimum absolute atomic E-state index is 0.274. The zero-order valence-electron chi connectivity index (χ0n) is 16.2. The third kappa shape index (κ3) is 7.64.